The standard InChI is InChI=1S/C12H15ClO2/c1-8(2)10(7-12(14)15)9-5-3-4-6-11(9)13/h3-6,8,10H,7H2,1-2H3,(H,14,15)/t10-/m0/s1. The fourth-order valence-corrected chi connectivity index (χ4v) is 1.94. The summed E-state index contributed by atoms with van der Waals surface area (Å²) in [5, 5.41) is 9.49. The maximum atomic E-state index is 10.8. The highest BCUT2D eigenvalue weighted by Crippen LogP contribution is 2.32. The summed E-state index contributed by atoms with van der Waals surface area (Å²) in [6, 6.07) is 7.44. The first-order chi connectivity index (χ1) is 7.02. The molecule has 3 heteroatoms. The Morgan fingerprint density at radius 2 is 2.00 bits per heavy atom. The summed E-state index contributed by atoms with van der Waals surface area (Å²) < 4.78 is 0. The van der Waals surface area contributed by atoms with Crippen LogP contribution in [-0.4, -0.2) is 11.1 Å². The van der Waals surface area contributed by atoms with E-state index in [0.29, 0.717) is 5.02 Å². The Morgan fingerprint density at radius 3 is 2.47 bits per heavy atom. The van der Waals surface area contributed by atoms with E-state index in [-0.39, 0.29) is 18.3 Å². The largest absolute Gasteiger partial charge is 0.481 e. The molecule has 0 spiro atoms. The second-order valence-corrected chi connectivity index (χ2v) is 4.38. The van der Waals surface area contributed by atoms with Gasteiger partial charge in [-0.1, -0.05) is 43.6 Å². The number of carbonyl (C=O) groups is 1. The number of aliphatic carboxylic acids is 1. The Labute approximate surface area is 94.9 Å². The van der Waals surface area contributed by atoms with E-state index >= 15 is 0 Å². The molecule has 0 bridgehead atoms. The number of benzene rings is 1. The molecule has 0 heterocycles. The van der Waals surface area contributed by atoms with Gasteiger partial charge < -0.3 is 5.11 Å². The molecule has 0 fully saturated rings. The number of carboxylic acid groups (broad SMARTS) is 1. The van der Waals surface area contributed by atoms with Crippen LogP contribution < -0.4 is 0 Å². The van der Waals surface area contributed by atoms with Crippen molar-refractivity contribution in [1.82, 2.24) is 0 Å². The molecule has 1 rings (SSSR count). The lowest BCUT2D eigenvalue weighted by Gasteiger charge is -2.20. The highest BCUT2D eigenvalue weighted by Gasteiger charge is 2.20. The molecular weight excluding hydrogens is 212 g/mol. The van der Waals surface area contributed by atoms with Crippen molar-refractivity contribution in [3.8, 4) is 0 Å². The van der Waals surface area contributed by atoms with Crippen molar-refractivity contribution >= 4 is 17.6 Å². The van der Waals surface area contributed by atoms with Crippen LogP contribution in [0.1, 0.15) is 31.7 Å². The van der Waals surface area contributed by atoms with E-state index in [1.54, 1.807) is 6.07 Å². The van der Waals surface area contributed by atoms with Crippen molar-refractivity contribution in [3.05, 3.63) is 34.9 Å². The van der Waals surface area contributed by atoms with Gasteiger partial charge >= 0.3 is 5.97 Å². The van der Waals surface area contributed by atoms with Gasteiger partial charge in [0.05, 0.1) is 6.42 Å². The van der Waals surface area contributed by atoms with E-state index in [1.807, 2.05) is 32.0 Å². The average molecular weight is 227 g/mol. The maximum Gasteiger partial charge on any atom is 0.303 e. The number of hydrogen-bond donors (Lipinski definition) is 1. The lowest BCUT2D eigenvalue weighted by molar-refractivity contribution is -0.137. The summed E-state index contributed by atoms with van der Waals surface area (Å²) in [5.41, 5.74) is 0.927. The Kier molecular flexibility index (Phi) is 4.15. The highest BCUT2D eigenvalue weighted by atomic mass is 35.5. The zero-order valence-corrected chi connectivity index (χ0v) is 9.66. The van der Waals surface area contributed by atoms with Gasteiger partial charge in [0.15, 0.2) is 0 Å². The van der Waals surface area contributed by atoms with Gasteiger partial charge in [-0.15, -0.1) is 0 Å². The number of halogens is 1. The fourth-order valence-electron chi connectivity index (χ4n) is 1.67. The van der Waals surface area contributed by atoms with Crippen molar-refractivity contribution < 1.29 is 9.90 Å². The van der Waals surface area contributed by atoms with Crippen LogP contribution in [0.25, 0.3) is 0 Å². The Morgan fingerprint density at radius 1 is 1.40 bits per heavy atom. The van der Waals surface area contributed by atoms with Crippen LogP contribution in [-0.2, 0) is 4.79 Å². The Bertz CT molecular complexity index is 347. The molecule has 15 heavy (non-hydrogen) atoms. The smallest absolute Gasteiger partial charge is 0.303 e. The third-order valence-corrected chi connectivity index (χ3v) is 2.85. The first kappa shape index (κ1) is 12.1. The average Bonchev–Trinajstić information content (AvgIpc) is 2.15. The molecule has 82 valence electrons. The highest BCUT2D eigenvalue weighted by molar-refractivity contribution is 6.31. The molecule has 0 unspecified atom stereocenters. The van der Waals surface area contributed by atoms with Crippen LogP contribution in [0.3, 0.4) is 0 Å². The molecule has 0 radical (unpaired) electrons. The normalized spacial score (nSPS) is 12.8. The molecule has 2 nitrogen and oxygen atoms in total. The Balaban J connectivity index is 2.99. The van der Waals surface area contributed by atoms with Gasteiger partial charge in [-0.2, -0.15) is 0 Å². The third kappa shape index (κ3) is 3.24. The summed E-state index contributed by atoms with van der Waals surface area (Å²) in [6.45, 7) is 4.02. The third-order valence-electron chi connectivity index (χ3n) is 2.50. The summed E-state index contributed by atoms with van der Waals surface area (Å²) in [5.74, 6) is -0.536. The van der Waals surface area contributed by atoms with E-state index in [4.69, 9.17) is 16.7 Å². The second-order valence-electron chi connectivity index (χ2n) is 3.97. The van der Waals surface area contributed by atoms with Crippen LogP contribution >= 0.6 is 11.6 Å². The molecular formula is C12H15ClO2. The first-order valence-electron chi connectivity index (χ1n) is 4.98. The molecule has 1 atom stereocenters. The minimum atomic E-state index is -0.784. The van der Waals surface area contributed by atoms with E-state index in [1.165, 1.54) is 0 Å². The Hall–Kier alpha value is -1.02. The number of hydrogen-bond acceptors (Lipinski definition) is 1. The van der Waals surface area contributed by atoms with Crippen molar-refractivity contribution in [1.29, 1.82) is 0 Å². The fraction of sp³-hybridized carbons (Fsp3) is 0.417. The molecule has 0 aliphatic carbocycles. The van der Waals surface area contributed by atoms with E-state index < -0.39 is 5.97 Å². The van der Waals surface area contributed by atoms with E-state index in [2.05, 4.69) is 0 Å². The maximum absolute atomic E-state index is 10.8. The lowest BCUT2D eigenvalue weighted by Crippen LogP contribution is -2.12. The van der Waals surface area contributed by atoms with Gasteiger partial charge in [0.25, 0.3) is 0 Å². The van der Waals surface area contributed by atoms with Crippen molar-refractivity contribution in [2.45, 2.75) is 26.2 Å². The van der Waals surface area contributed by atoms with Crippen molar-refractivity contribution in [3.63, 3.8) is 0 Å². The van der Waals surface area contributed by atoms with Crippen LogP contribution in [0.5, 0.6) is 0 Å². The molecule has 0 saturated heterocycles. The van der Waals surface area contributed by atoms with Crippen LogP contribution in [0.4, 0.5) is 0 Å². The van der Waals surface area contributed by atoms with E-state index in [9.17, 15) is 4.79 Å². The molecule has 0 amide bonds. The first-order valence-corrected chi connectivity index (χ1v) is 5.36. The van der Waals surface area contributed by atoms with Crippen molar-refractivity contribution in [2.75, 3.05) is 0 Å². The zero-order valence-electron chi connectivity index (χ0n) is 8.90. The minimum absolute atomic E-state index is 0.0174. The van der Waals surface area contributed by atoms with Gasteiger partial charge in [0.2, 0.25) is 0 Å². The quantitative estimate of drug-likeness (QED) is 0.853. The van der Waals surface area contributed by atoms with Crippen LogP contribution in [0, 0.1) is 5.92 Å². The molecule has 0 aliphatic rings. The summed E-state index contributed by atoms with van der Waals surface area (Å²) in [7, 11) is 0. The van der Waals surface area contributed by atoms with E-state index in [0.717, 1.165) is 5.56 Å². The zero-order chi connectivity index (χ0) is 11.4. The summed E-state index contributed by atoms with van der Waals surface area (Å²) >= 11 is 6.05. The topological polar surface area (TPSA) is 37.3 Å². The molecule has 0 aromatic heterocycles. The molecule has 0 saturated carbocycles. The van der Waals surface area contributed by atoms with Gasteiger partial charge in [-0.25, -0.2) is 0 Å². The summed E-state index contributed by atoms with van der Waals surface area (Å²) in [6.07, 6.45) is 0.126. The molecule has 1 N–H and O–H groups in total. The lowest BCUT2D eigenvalue weighted by atomic mass is 9.86. The predicted molar refractivity (Wildman–Crippen MR) is 61.3 cm³/mol. The van der Waals surface area contributed by atoms with Crippen LogP contribution in [0.2, 0.25) is 5.02 Å². The summed E-state index contributed by atoms with van der Waals surface area (Å²) in [4.78, 5) is 10.8. The van der Waals surface area contributed by atoms with Gasteiger partial charge in [-0.05, 0) is 23.5 Å². The molecule has 1 aromatic rings. The van der Waals surface area contributed by atoms with Crippen molar-refractivity contribution in [2.24, 2.45) is 5.92 Å². The minimum Gasteiger partial charge on any atom is -0.481 e. The second kappa shape index (κ2) is 5.17. The predicted octanol–water partition coefficient (Wildman–Crippen LogP) is 3.55. The molecule has 0 aliphatic heterocycles. The van der Waals surface area contributed by atoms with Gasteiger partial charge in [0.1, 0.15) is 0 Å². The van der Waals surface area contributed by atoms with Gasteiger partial charge in [0, 0.05) is 5.02 Å². The SMILES string of the molecule is CC(C)[C@H](CC(=O)O)c1ccccc1Cl. The number of rotatable bonds is 4. The number of carboxylic acids is 1. The molecule has 1 aromatic carbocycles. The monoisotopic (exact) mass is 226 g/mol. The van der Waals surface area contributed by atoms with Gasteiger partial charge in [-0.3, -0.25) is 4.79 Å². The van der Waals surface area contributed by atoms with Crippen LogP contribution in [0.15, 0.2) is 24.3 Å².